The third-order valence-corrected chi connectivity index (χ3v) is 3.79. The van der Waals surface area contributed by atoms with E-state index in [-0.39, 0.29) is 11.5 Å². The molecule has 0 spiro atoms. The van der Waals surface area contributed by atoms with Gasteiger partial charge in [0.15, 0.2) is 5.96 Å². The SMILES string of the molecule is CN=C(NCCc1ccc(OC)cc1)NCC(OC)C(C)(C)C. The molecule has 1 unspecified atom stereocenters. The van der Waals surface area contributed by atoms with Gasteiger partial charge in [-0.15, -0.1) is 0 Å². The smallest absolute Gasteiger partial charge is 0.191 e. The number of ether oxygens (including phenoxy) is 2. The van der Waals surface area contributed by atoms with Gasteiger partial charge in [0.1, 0.15) is 5.75 Å². The van der Waals surface area contributed by atoms with Gasteiger partial charge in [-0.2, -0.15) is 0 Å². The molecule has 0 radical (unpaired) electrons. The Hall–Kier alpha value is -1.75. The molecule has 0 aromatic heterocycles. The van der Waals surface area contributed by atoms with E-state index in [1.54, 1.807) is 21.3 Å². The topological polar surface area (TPSA) is 54.9 Å². The highest BCUT2D eigenvalue weighted by Gasteiger charge is 2.24. The number of guanidine groups is 1. The third-order valence-electron chi connectivity index (χ3n) is 3.79. The minimum Gasteiger partial charge on any atom is -0.497 e. The molecular formula is C18H31N3O2. The number of aliphatic imine (C=N–C) groups is 1. The van der Waals surface area contributed by atoms with E-state index in [1.807, 2.05) is 12.1 Å². The molecule has 0 heterocycles. The Balaban J connectivity index is 2.39. The average molecular weight is 321 g/mol. The van der Waals surface area contributed by atoms with E-state index >= 15 is 0 Å². The highest BCUT2D eigenvalue weighted by atomic mass is 16.5. The first-order chi connectivity index (χ1) is 10.9. The van der Waals surface area contributed by atoms with Crippen LogP contribution in [-0.2, 0) is 11.2 Å². The summed E-state index contributed by atoms with van der Waals surface area (Å²) in [7, 11) is 5.20. The van der Waals surface area contributed by atoms with Crippen LogP contribution in [0.5, 0.6) is 5.75 Å². The molecular weight excluding hydrogens is 290 g/mol. The summed E-state index contributed by atoms with van der Waals surface area (Å²) in [6.45, 7) is 8.05. The van der Waals surface area contributed by atoms with E-state index in [0.29, 0.717) is 0 Å². The predicted octanol–water partition coefficient (Wildman–Crippen LogP) is 2.46. The maximum Gasteiger partial charge on any atom is 0.191 e. The summed E-state index contributed by atoms with van der Waals surface area (Å²) < 4.78 is 10.7. The first-order valence-corrected chi connectivity index (χ1v) is 8.01. The Bertz CT molecular complexity index is 478. The Labute approximate surface area is 140 Å². The van der Waals surface area contributed by atoms with Crippen LogP contribution in [0.1, 0.15) is 26.3 Å². The zero-order valence-corrected chi connectivity index (χ0v) is 15.3. The normalized spacial score (nSPS) is 13.6. The van der Waals surface area contributed by atoms with Crippen molar-refractivity contribution in [1.82, 2.24) is 10.6 Å². The van der Waals surface area contributed by atoms with E-state index in [0.717, 1.165) is 31.2 Å². The van der Waals surface area contributed by atoms with Crippen LogP contribution in [-0.4, -0.2) is 46.4 Å². The summed E-state index contributed by atoms with van der Waals surface area (Å²) in [6.07, 6.45) is 1.06. The van der Waals surface area contributed by atoms with Crippen LogP contribution in [0.4, 0.5) is 0 Å². The van der Waals surface area contributed by atoms with Crippen LogP contribution < -0.4 is 15.4 Å². The lowest BCUT2D eigenvalue weighted by atomic mass is 9.89. The van der Waals surface area contributed by atoms with Crippen LogP contribution >= 0.6 is 0 Å². The van der Waals surface area contributed by atoms with Gasteiger partial charge in [-0.25, -0.2) is 0 Å². The minimum atomic E-state index is 0.0870. The first kappa shape index (κ1) is 19.3. The third kappa shape index (κ3) is 6.91. The Morgan fingerprint density at radius 3 is 2.26 bits per heavy atom. The molecule has 5 nitrogen and oxygen atoms in total. The monoisotopic (exact) mass is 321 g/mol. The molecule has 0 aliphatic rings. The van der Waals surface area contributed by atoms with E-state index in [2.05, 4.69) is 48.5 Å². The summed E-state index contributed by atoms with van der Waals surface area (Å²) in [5.74, 6) is 1.68. The fourth-order valence-electron chi connectivity index (χ4n) is 2.27. The van der Waals surface area contributed by atoms with E-state index < -0.39 is 0 Å². The number of nitrogens with zero attached hydrogens (tertiary/aromatic N) is 1. The molecule has 0 saturated carbocycles. The van der Waals surface area contributed by atoms with E-state index in [4.69, 9.17) is 9.47 Å². The molecule has 1 aromatic carbocycles. The van der Waals surface area contributed by atoms with Crippen LogP contribution in [0, 0.1) is 5.41 Å². The highest BCUT2D eigenvalue weighted by molar-refractivity contribution is 5.79. The van der Waals surface area contributed by atoms with Crippen molar-refractivity contribution in [3.05, 3.63) is 29.8 Å². The zero-order valence-electron chi connectivity index (χ0n) is 15.3. The molecule has 0 aliphatic carbocycles. The Kier molecular flexibility index (Phi) is 7.89. The van der Waals surface area contributed by atoms with Crippen molar-refractivity contribution < 1.29 is 9.47 Å². The lowest BCUT2D eigenvalue weighted by molar-refractivity contribution is 0.0205. The predicted molar refractivity (Wildman–Crippen MR) is 96.3 cm³/mol. The summed E-state index contributed by atoms with van der Waals surface area (Å²) >= 11 is 0. The first-order valence-electron chi connectivity index (χ1n) is 8.01. The maximum atomic E-state index is 5.55. The van der Waals surface area contributed by atoms with Crippen LogP contribution in [0.15, 0.2) is 29.3 Å². The number of methoxy groups -OCH3 is 2. The van der Waals surface area contributed by atoms with Gasteiger partial charge < -0.3 is 20.1 Å². The summed E-state index contributed by atoms with van der Waals surface area (Å²) in [5.41, 5.74) is 1.35. The highest BCUT2D eigenvalue weighted by Crippen LogP contribution is 2.20. The van der Waals surface area contributed by atoms with Gasteiger partial charge >= 0.3 is 0 Å². The van der Waals surface area contributed by atoms with Gasteiger partial charge in [-0.05, 0) is 29.5 Å². The van der Waals surface area contributed by atoms with Gasteiger partial charge in [0.05, 0.1) is 13.2 Å². The fraction of sp³-hybridized carbons (Fsp3) is 0.611. The molecule has 1 aromatic rings. The molecule has 0 saturated heterocycles. The second-order valence-electron chi connectivity index (χ2n) is 6.57. The quantitative estimate of drug-likeness (QED) is 0.598. The van der Waals surface area contributed by atoms with Crippen molar-refractivity contribution in [2.24, 2.45) is 10.4 Å². The van der Waals surface area contributed by atoms with E-state index in [1.165, 1.54) is 5.56 Å². The van der Waals surface area contributed by atoms with Gasteiger partial charge in [0.25, 0.3) is 0 Å². The molecule has 1 rings (SSSR count). The maximum absolute atomic E-state index is 5.55. The van der Waals surface area contributed by atoms with Crippen molar-refractivity contribution in [3.63, 3.8) is 0 Å². The molecule has 23 heavy (non-hydrogen) atoms. The summed E-state index contributed by atoms with van der Waals surface area (Å²) in [4.78, 5) is 4.25. The standard InChI is InChI=1S/C18H31N3O2/c1-18(2,3)16(23-6)13-21-17(19-4)20-12-11-14-7-9-15(22-5)10-8-14/h7-10,16H,11-13H2,1-6H3,(H2,19,20,21). The largest absolute Gasteiger partial charge is 0.497 e. The van der Waals surface area contributed by atoms with Crippen molar-refractivity contribution in [1.29, 1.82) is 0 Å². The van der Waals surface area contributed by atoms with Crippen molar-refractivity contribution in [2.45, 2.75) is 33.3 Å². The number of benzene rings is 1. The molecule has 0 amide bonds. The number of hydrogen-bond donors (Lipinski definition) is 2. The minimum absolute atomic E-state index is 0.0870. The van der Waals surface area contributed by atoms with Crippen LogP contribution in [0.2, 0.25) is 0 Å². The molecule has 130 valence electrons. The number of rotatable bonds is 7. The summed E-state index contributed by atoms with van der Waals surface area (Å²) in [6, 6.07) is 8.12. The number of nitrogens with one attached hydrogen (secondary N) is 2. The van der Waals surface area contributed by atoms with Gasteiger partial charge in [-0.1, -0.05) is 32.9 Å². The zero-order chi connectivity index (χ0) is 17.3. The molecule has 0 fully saturated rings. The molecule has 2 N–H and O–H groups in total. The fourth-order valence-corrected chi connectivity index (χ4v) is 2.27. The van der Waals surface area contributed by atoms with E-state index in [9.17, 15) is 0 Å². The second kappa shape index (κ2) is 9.40. The second-order valence-corrected chi connectivity index (χ2v) is 6.57. The van der Waals surface area contributed by atoms with Gasteiger partial charge in [-0.3, -0.25) is 4.99 Å². The van der Waals surface area contributed by atoms with Gasteiger partial charge in [0.2, 0.25) is 0 Å². The molecule has 0 aliphatic heterocycles. The Morgan fingerprint density at radius 2 is 1.78 bits per heavy atom. The van der Waals surface area contributed by atoms with Crippen LogP contribution in [0.3, 0.4) is 0 Å². The molecule has 1 atom stereocenters. The Morgan fingerprint density at radius 1 is 1.13 bits per heavy atom. The lowest BCUT2D eigenvalue weighted by Gasteiger charge is -2.30. The summed E-state index contributed by atoms with van der Waals surface area (Å²) in [5, 5.41) is 6.65. The number of hydrogen-bond acceptors (Lipinski definition) is 3. The van der Waals surface area contributed by atoms with Crippen molar-refractivity contribution in [3.8, 4) is 5.75 Å². The molecule has 5 heteroatoms. The van der Waals surface area contributed by atoms with Crippen molar-refractivity contribution in [2.75, 3.05) is 34.4 Å². The average Bonchev–Trinajstić information content (AvgIpc) is 2.53. The van der Waals surface area contributed by atoms with Crippen LogP contribution in [0.25, 0.3) is 0 Å². The lowest BCUT2D eigenvalue weighted by Crippen LogP contribution is -2.45. The van der Waals surface area contributed by atoms with Gasteiger partial charge in [0, 0.05) is 27.2 Å². The van der Waals surface area contributed by atoms with Crippen molar-refractivity contribution >= 4 is 5.96 Å². The molecule has 0 bridgehead atoms.